The Morgan fingerprint density at radius 1 is 0.143 bits per heavy atom. The topological polar surface area (TPSA) is 6.48 Å². The number of thiophene rings is 2. The molecular weight excluding hydrogens is 1390 g/mol. The Kier molecular flexibility index (Phi) is 16.7. The lowest BCUT2D eigenvalue weighted by atomic mass is 9.93. The van der Waals surface area contributed by atoms with Gasteiger partial charge in [0.05, 0.1) is 5.69 Å². The van der Waals surface area contributed by atoms with Crippen LogP contribution in [0.2, 0.25) is 0 Å². The molecule has 0 aliphatic heterocycles. The minimum absolute atomic E-state index is 1.11. The van der Waals surface area contributed by atoms with Gasteiger partial charge in [-0.2, -0.15) is 0 Å². The molecule has 0 unspecified atom stereocenters. The van der Waals surface area contributed by atoms with E-state index < -0.39 is 0 Å². The summed E-state index contributed by atoms with van der Waals surface area (Å²) < 4.78 is 5.31. The van der Waals surface area contributed by atoms with E-state index in [4.69, 9.17) is 0 Å². The van der Waals surface area contributed by atoms with Crippen molar-refractivity contribution in [2.24, 2.45) is 0 Å². The van der Waals surface area contributed by atoms with Crippen LogP contribution in [0.1, 0.15) is 0 Å². The predicted molar refractivity (Wildman–Crippen MR) is 486 cm³/mol. The maximum atomic E-state index is 2.41. The number of hydrogen-bond donors (Lipinski definition) is 0. The molecule has 0 saturated heterocycles. The summed E-state index contributed by atoms with van der Waals surface area (Å²) in [4.78, 5) is 4.78. The van der Waals surface area contributed by atoms with Crippen LogP contribution in [0.5, 0.6) is 0 Å². The molecule has 4 heteroatoms. The fourth-order valence-electron chi connectivity index (χ4n) is 16.8. The Morgan fingerprint density at radius 3 is 0.973 bits per heavy atom. The average molecular weight is 1460 g/mol. The molecule has 0 fully saturated rings. The largest absolute Gasteiger partial charge is 0.310 e. The van der Waals surface area contributed by atoms with Gasteiger partial charge in [0.15, 0.2) is 0 Å². The van der Waals surface area contributed by atoms with Crippen molar-refractivity contribution in [1.29, 1.82) is 0 Å². The lowest BCUT2D eigenvalue weighted by Gasteiger charge is -2.28. The molecule has 2 aromatic heterocycles. The maximum Gasteiger partial charge on any atom is 0.0540 e. The monoisotopic (exact) mass is 1460 g/mol. The summed E-state index contributed by atoms with van der Waals surface area (Å²) in [6.45, 7) is 0. The van der Waals surface area contributed by atoms with Crippen molar-refractivity contribution in [1.82, 2.24) is 0 Å². The van der Waals surface area contributed by atoms with E-state index in [1.165, 1.54) is 172 Å². The standard InChI is InChI=1S/2C54H35NS/c1-2-10-36(11-3-1)37-20-26-43(27-21-37)55(44-28-22-38(23-29-44)40-25-33-54-51(35-40)50-16-8-9-17-53(50)56-54)52-32-31-47(48-14-6-7-15-49(48)52)42-24-30-46-41(34-42)19-18-39-12-4-5-13-45(39)46;1-2-8-36(9-3-1)37-18-25-46(26-19-37)55(47-27-20-38(21-28-47)44-24-31-54-52(35-44)51-12-6-7-13-53(51)56-54)48-29-22-41-32-40(15-16-43(41)34-48)42-23-30-50-45(33-42)17-14-39-10-4-5-11-49(39)50/h2*1-35H. The van der Waals surface area contributed by atoms with Crippen molar-refractivity contribution in [2.75, 3.05) is 9.80 Å². The SMILES string of the molecule is c1ccc(-c2ccc(N(c3ccc(-c4ccc5sc6ccccc6c5c4)cc3)c3ccc(-c4ccc5c(ccc6ccccc65)c4)c4ccccc34)cc2)cc1.c1ccc(-c2ccc(N(c3ccc(-c4ccc5sc6ccccc6c5c4)cc3)c3ccc4cc(-c5ccc6c(ccc7ccccc76)c5)ccc4c3)cc2)cc1. The number of nitrogens with zero attached hydrogens (tertiary/aromatic N) is 2. The van der Waals surface area contributed by atoms with E-state index in [1.54, 1.807) is 0 Å². The molecule has 0 saturated carbocycles. The molecule has 0 N–H and O–H groups in total. The molecule has 20 aromatic carbocycles. The fourth-order valence-corrected chi connectivity index (χ4v) is 19.0. The van der Waals surface area contributed by atoms with Crippen molar-refractivity contribution in [3.8, 4) is 66.8 Å². The van der Waals surface area contributed by atoms with Crippen molar-refractivity contribution < 1.29 is 0 Å². The van der Waals surface area contributed by atoms with Gasteiger partial charge >= 0.3 is 0 Å². The van der Waals surface area contributed by atoms with Gasteiger partial charge in [-0.3, -0.25) is 0 Å². The lowest BCUT2D eigenvalue weighted by Crippen LogP contribution is -2.10. The summed E-state index contributed by atoms with van der Waals surface area (Å²) in [5, 5.41) is 20.4. The van der Waals surface area contributed by atoms with Gasteiger partial charge in [-0.1, -0.05) is 303 Å². The molecular formula is C108H70N2S2. The van der Waals surface area contributed by atoms with E-state index in [9.17, 15) is 0 Å². The molecule has 22 rings (SSSR count). The lowest BCUT2D eigenvalue weighted by molar-refractivity contribution is 1.29. The quantitative estimate of drug-likeness (QED) is 0.113. The number of fused-ring (bicyclic) bond motifs is 14. The van der Waals surface area contributed by atoms with Gasteiger partial charge in [0.1, 0.15) is 0 Å². The highest BCUT2D eigenvalue weighted by Crippen LogP contribution is 2.47. The minimum Gasteiger partial charge on any atom is -0.310 e. The second-order valence-electron chi connectivity index (χ2n) is 29.1. The summed E-state index contributed by atoms with van der Waals surface area (Å²) in [6, 6.07) is 156. The van der Waals surface area contributed by atoms with Crippen LogP contribution < -0.4 is 9.80 Å². The minimum atomic E-state index is 1.11. The Hall–Kier alpha value is -14.0. The first-order chi connectivity index (χ1) is 55.5. The Labute approximate surface area is 658 Å². The van der Waals surface area contributed by atoms with Crippen molar-refractivity contribution in [3.05, 3.63) is 425 Å². The van der Waals surface area contributed by atoms with Gasteiger partial charge in [0.2, 0.25) is 0 Å². The molecule has 0 spiro atoms. The predicted octanol–water partition coefficient (Wildman–Crippen LogP) is 32.0. The third kappa shape index (κ3) is 12.2. The Morgan fingerprint density at radius 2 is 0.455 bits per heavy atom. The first-order valence-corrected chi connectivity index (χ1v) is 39.9. The third-order valence-electron chi connectivity index (χ3n) is 22.5. The van der Waals surface area contributed by atoms with Crippen molar-refractivity contribution >= 4 is 162 Å². The van der Waals surface area contributed by atoms with Crippen LogP contribution in [0.25, 0.3) is 172 Å². The Bertz CT molecular complexity index is 7350. The normalized spacial score (nSPS) is 11.6. The number of rotatable bonds is 12. The summed E-state index contributed by atoms with van der Waals surface area (Å²) in [5.41, 5.74) is 21.3. The molecule has 2 nitrogen and oxygen atoms in total. The van der Waals surface area contributed by atoms with E-state index in [1.807, 2.05) is 22.7 Å². The van der Waals surface area contributed by atoms with Crippen molar-refractivity contribution in [2.45, 2.75) is 0 Å². The summed E-state index contributed by atoms with van der Waals surface area (Å²) in [7, 11) is 0. The second kappa shape index (κ2) is 28.2. The first kappa shape index (κ1) is 66.2. The molecule has 0 bridgehead atoms. The molecule has 0 aliphatic carbocycles. The molecule has 112 heavy (non-hydrogen) atoms. The number of hydrogen-bond acceptors (Lipinski definition) is 4. The maximum absolute atomic E-state index is 2.41. The molecule has 0 atom stereocenters. The summed E-state index contributed by atoms with van der Waals surface area (Å²) in [5.74, 6) is 0. The fraction of sp³-hybridized carbons (Fsp3) is 0. The zero-order chi connectivity index (χ0) is 74.0. The highest BCUT2D eigenvalue weighted by Gasteiger charge is 2.21. The van der Waals surface area contributed by atoms with Crippen LogP contribution in [0.15, 0.2) is 425 Å². The molecule has 22 aromatic rings. The van der Waals surface area contributed by atoms with Gasteiger partial charge in [0, 0.05) is 74.2 Å². The van der Waals surface area contributed by atoms with E-state index in [2.05, 4.69) is 434 Å². The van der Waals surface area contributed by atoms with Crippen LogP contribution in [0.3, 0.4) is 0 Å². The van der Waals surface area contributed by atoms with Crippen LogP contribution in [0, 0.1) is 0 Å². The summed E-state index contributed by atoms with van der Waals surface area (Å²) >= 11 is 3.72. The van der Waals surface area contributed by atoms with E-state index >= 15 is 0 Å². The molecule has 524 valence electrons. The van der Waals surface area contributed by atoms with Gasteiger partial charge in [-0.05, 0) is 247 Å². The van der Waals surface area contributed by atoms with Crippen molar-refractivity contribution in [3.63, 3.8) is 0 Å². The van der Waals surface area contributed by atoms with Crippen LogP contribution in [0.4, 0.5) is 34.1 Å². The van der Waals surface area contributed by atoms with Gasteiger partial charge in [0.25, 0.3) is 0 Å². The zero-order valence-corrected chi connectivity index (χ0v) is 62.8. The molecule has 0 radical (unpaired) electrons. The highest BCUT2D eigenvalue weighted by atomic mass is 32.1. The van der Waals surface area contributed by atoms with Crippen LogP contribution in [-0.4, -0.2) is 0 Å². The van der Waals surface area contributed by atoms with Crippen LogP contribution in [-0.2, 0) is 0 Å². The number of anilines is 6. The molecule has 0 amide bonds. The summed E-state index contributed by atoms with van der Waals surface area (Å²) in [6.07, 6.45) is 0. The van der Waals surface area contributed by atoms with E-state index in [0.717, 1.165) is 34.1 Å². The highest BCUT2D eigenvalue weighted by molar-refractivity contribution is 7.26. The van der Waals surface area contributed by atoms with E-state index in [-0.39, 0.29) is 0 Å². The molecule has 0 aliphatic rings. The van der Waals surface area contributed by atoms with Gasteiger partial charge < -0.3 is 9.80 Å². The van der Waals surface area contributed by atoms with Crippen LogP contribution >= 0.6 is 22.7 Å². The smallest absolute Gasteiger partial charge is 0.0540 e. The van der Waals surface area contributed by atoms with E-state index in [0.29, 0.717) is 0 Å². The van der Waals surface area contributed by atoms with Gasteiger partial charge in [-0.15, -0.1) is 22.7 Å². The zero-order valence-electron chi connectivity index (χ0n) is 61.1. The van der Waals surface area contributed by atoms with Gasteiger partial charge in [-0.25, -0.2) is 0 Å². The number of benzene rings is 20. The first-order valence-electron chi connectivity index (χ1n) is 38.3. The second-order valence-corrected chi connectivity index (χ2v) is 31.2. The molecule has 2 heterocycles. The average Bonchev–Trinajstić information content (AvgIpc) is 1.04. The Balaban J connectivity index is 0.000000141. The third-order valence-corrected chi connectivity index (χ3v) is 24.8.